The number of benzene rings is 1. The van der Waals surface area contributed by atoms with Gasteiger partial charge in [0, 0.05) is 25.8 Å². The van der Waals surface area contributed by atoms with Gasteiger partial charge in [0.25, 0.3) is 5.91 Å². The zero-order valence-electron chi connectivity index (χ0n) is 15.6. The molecule has 0 radical (unpaired) electrons. The first-order valence-corrected chi connectivity index (χ1v) is 9.07. The van der Waals surface area contributed by atoms with Crippen molar-refractivity contribution in [2.45, 2.75) is 39.2 Å². The second-order valence-corrected chi connectivity index (χ2v) is 6.76. The lowest BCUT2D eigenvalue weighted by molar-refractivity contribution is -0.137. The Hall–Kier alpha value is -2.74. The number of carbonyl (C=O) groups is 2. The number of aryl methyl sites for hydroxylation is 1. The van der Waals surface area contributed by atoms with Gasteiger partial charge in [0.05, 0.1) is 17.8 Å². The largest absolute Gasteiger partial charge is 0.481 e. The summed E-state index contributed by atoms with van der Waals surface area (Å²) < 4.78 is 7.00. The van der Waals surface area contributed by atoms with Crippen molar-refractivity contribution >= 4 is 11.9 Å². The average molecular weight is 372 g/mol. The molecule has 8 heteroatoms. The summed E-state index contributed by atoms with van der Waals surface area (Å²) >= 11 is 0. The SMILES string of the molecule is Cc1ccc(-n2nnc(C(=O)N(CCC(=O)O)C3CCOCC3)c2C)cc1. The zero-order valence-corrected chi connectivity index (χ0v) is 15.6. The smallest absolute Gasteiger partial charge is 0.305 e. The van der Waals surface area contributed by atoms with Crippen LogP contribution in [0.5, 0.6) is 0 Å². The van der Waals surface area contributed by atoms with Crippen molar-refractivity contribution in [3.63, 3.8) is 0 Å². The van der Waals surface area contributed by atoms with Gasteiger partial charge in [-0.05, 0) is 38.8 Å². The number of hydrogen-bond acceptors (Lipinski definition) is 5. The third-order valence-electron chi connectivity index (χ3n) is 4.83. The lowest BCUT2D eigenvalue weighted by atomic mass is 10.1. The number of aromatic nitrogens is 3. The molecule has 3 rings (SSSR count). The molecule has 1 saturated heterocycles. The Morgan fingerprint density at radius 1 is 1.22 bits per heavy atom. The Kier molecular flexibility index (Phi) is 5.85. The molecule has 8 nitrogen and oxygen atoms in total. The molecule has 27 heavy (non-hydrogen) atoms. The van der Waals surface area contributed by atoms with Gasteiger partial charge in [0.1, 0.15) is 0 Å². The van der Waals surface area contributed by atoms with E-state index in [0.717, 1.165) is 11.3 Å². The van der Waals surface area contributed by atoms with Crippen LogP contribution in [-0.4, -0.2) is 62.7 Å². The molecule has 0 spiro atoms. The van der Waals surface area contributed by atoms with E-state index in [2.05, 4.69) is 10.3 Å². The van der Waals surface area contributed by atoms with Crippen LogP contribution >= 0.6 is 0 Å². The first-order valence-electron chi connectivity index (χ1n) is 9.07. The summed E-state index contributed by atoms with van der Waals surface area (Å²) in [5.41, 5.74) is 2.85. The lowest BCUT2D eigenvalue weighted by Gasteiger charge is -2.33. The Balaban J connectivity index is 1.86. The fraction of sp³-hybridized carbons (Fsp3) is 0.474. The molecular formula is C19H24N4O4. The van der Waals surface area contributed by atoms with Gasteiger partial charge < -0.3 is 14.7 Å². The number of amides is 1. The van der Waals surface area contributed by atoms with Crippen molar-refractivity contribution in [3.8, 4) is 5.69 Å². The van der Waals surface area contributed by atoms with E-state index in [4.69, 9.17) is 9.84 Å². The van der Waals surface area contributed by atoms with Gasteiger partial charge in [-0.15, -0.1) is 5.10 Å². The highest BCUT2D eigenvalue weighted by Crippen LogP contribution is 2.20. The number of carboxylic acids is 1. The number of carbonyl (C=O) groups excluding carboxylic acids is 1. The highest BCUT2D eigenvalue weighted by molar-refractivity contribution is 5.93. The van der Waals surface area contributed by atoms with E-state index in [-0.39, 0.29) is 30.6 Å². The molecule has 0 unspecified atom stereocenters. The van der Waals surface area contributed by atoms with Crippen molar-refractivity contribution in [3.05, 3.63) is 41.2 Å². The first kappa shape index (κ1) is 19.0. The molecule has 1 aromatic heterocycles. The minimum Gasteiger partial charge on any atom is -0.481 e. The number of rotatable bonds is 6. The van der Waals surface area contributed by atoms with Gasteiger partial charge in [0.15, 0.2) is 5.69 Å². The molecule has 0 atom stereocenters. The molecule has 2 heterocycles. The minimum atomic E-state index is -0.931. The highest BCUT2D eigenvalue weighted by atomic mass is 16.5. The van der Waals surface area contributed by atoms with E-state index in [1.165, 1.54) is 0 Å². The summed E-state index contributed by atoms with van der Waals surface area (Å²) in [5, 5.41) is 17.3. The molecule has 0 bridgehead atoms. The van der Waals surface area contributed by atoms with Crippen LogP contribution in [0.1, 0.15) is 41.0 Å². The second-order valence-electron chi connectivity index (χ2n) is 6.76. The maximum absolute atomic E-state index is 13.2. The van der Waals surface area contributed by atoms with E-state index in [1.54, 1.807) is 16.5 Å². The van der Waals surface area contributed by atoms with Gasteiger partial charge in [-0.25, -0.2) is 4.68 Å². The van der Waals surface area contributed by atoms with Crippen molar-refractivity contribution in [2.24, 2.45) is 0 Å². The number of hydrogen-bond donors (Lipinski definition) is 1. The third-order valence-corrected chi connectivity index (χ3v) is 4.83. The number of ether oxygens (including phenoxy) is 1. The van der Waals surface area contributed by atoms with Crippen molar-refractivity contribution in [1.82, 2.24) is 19.9 Å². The molecule has 1 aromatic carbocycles. The van der Waals surface area contributed by atoms with Crippen molar-refractivity contribution in [1.29, 1.82) is 0 Å². The molecular weight excluding hydrogens is 348 g/mol. The lowest BCUT2D eigenvalue weighted by Crippen LogP contribution is -2.44. The van der Waals surface area contributed by atoms with E-state index < -0.39 is 5.97 Å². The maximum atomic E-state index is 13.2. The van der Waals surface area contributed by atoms with Gasteiger partial charge in [-0.2, -0.15) is 0 Å². The maximum Gasteiger partial charge on any atom is 0.305 e. The summed E-state index contributed by atoms with van der Waals surface area (Å²) in [7, 11) is 0. The first-order chi connectivity index (χ1) is 13.0. The molecule has 0 saturated carbocycles. The van der Waals surface area contributed by atoms with Crippen LogP contribution < -0.4 is 0 Å². The third kappa shape index (κ3) is 4.33. The van der Waals surface area contributed by atoms with E-state index in [1.807, 2.05) is 31.2 Å². The molecule has 0 aliphatic carbocycles. The number of aliphatic carboxylic acids is 1. The van der Waals surface area contributed by atoms with Crippen molar-refractivity contribution in [2.75, 3.05) is 19.8 Å². The highest BCUT2D eigenvalue weighted by Gasteiger charge is 2.30. The summed E-state index contributed by atoms with van der Waals surface area (Å²) in [4.78, 5) is 25.8. The summed E-state index contributed by atoms with van der Waals surface area (Å²) in [6, 6.07) is 7.74. The van der Waals surface area contributed by atoms with Crippen LogP contribution in [0.25, 0.3) is 5.69 Å². The van der Waals surface area contributed by atoms with Gasteiger partial charge >= 0.3 is 5.97 Å². The second kappa shape index (κ2) is 8.30. The summed E-state index contributed by atoms with van der Waals surface area (Å²) in [6.07, 6.45) is 1.28. The van der Waals surface area contributed by atoms with E-state index >= 15 is 0 Å². The molecule has 2 aromatic rings. The molecule has 1 amide bonds. The van der Waals surface area contributed by atoms with Crippen molar-refractivity contribution < 1.29 is 19.4 Å². The summed E-state index contributed by atoms with van der Waals surface area (Å²) in [5.74, 6) is -1.21. The molecule has 1 fully saturated rings. The van der Waals surface area contributed by atoms with E-state index in [9.17, 15) is 9.59 Å². The minimum absolute atomic E-state index is 0.0467. The van der Waals surface area contributed by atoms with Gasteiger partial charge in [-0.3, -0.25) is 9.59 Å². The Labute approximate surface area is 157 Å². The Morgan fingerprint density at radius 3 is 2.52 bits per heavy atom. The zero-order chi connectivity index (χ0) is 19.4. The normalized spacial score (nSPS) is 14.9. The number of carboxylic acid groups (broad SMARTS) is 1. The van der Waals surface area contributed by atoms with Crippen LogP contribution in [0.2, 0.25) is 0 Å². The van der Waals surface area contributed by atoms with Crippen LogP contribution in [0, 0.1) is 13.8 Å². The fourth-order valence-corrected chi connectivity index (χ4v) is 3.26. The topological polar surface area (TPSA) is 97.6 Å². The van der Waals surface area contributed by atoms with Gasteiger partial charge in [-0.1, -0.05) is 22.9 Å². The monoisotopic (exact) mass is 372 g/mol. The molecule has 144 valence electrons. The van der Waals surface area contributed by atoms with Crippen LogP contribution in [0.15, 0.2) is 24.3 Å². The predicted molar refractivity (Wildman–Crippen MR) is 98.0 cm³/mol. The average Bonchev–Trinajstić information content (AvgIpc) is 3.04. The fourth-order valence-electron chi connectivity index (χ4n) is 3.26. The molecule has 1 N–H and O–H groups in total. The molecule has 1 aliphatic heterocycles. The standard InChI is InChI=1S/C19H24N4O4/c1-13-3-5-16(6-4-13)23-14(2)18(20-21-23)19(26)22(10-7-17(24)25)15-8-11-27-12-9-15/h3-6,15H,7-12H2,1-2H3,(H,24,25). The van der Waals surface area contributed by atoms with Crippen LogP contribution in [0.4, 0.5) is 0 Å². The quantitative estimate of drug-likeness (QED) is 0.833. The van der Waals surface area contributed by atoms with Gasteiger partial charge in [0.2, 0.25) is 0 Å². The van der Waals surface area contributed by atoms with Crippen LogP contribution in [0.3, 0.4) is 0 Å². The van der Waals surface area contributed by atoms with Crippen LogP contribution in [-0.2, 0) is 9.53 Å². The molecule has 1 aliphatic rings. The summed E-state index contributed by atoms with van der Waals surface area (Å²) in [6.45, 7) is 5.08. The van der Waals surface area contributed by atoms with E-state index in [0.29, 0.717) is 31.7 Å². The predicted octanol–water partition coefficient (Wildman–Crippen LogP) is 1.98. The Morgan fingerprint density at radius 2 is 1.89 bits per heavy atom. The Bertz CT molecular complexity index is 810. The number of nitrogens with zero attached hydrogens (tertiary/aromatic N) is 4.